The number of aromatic nitrogens is 2. The number of aryl methyl sites for hydroxylation is 1. The van der Waals surface area contributed by atoms with Crippen molar-refractivity contribution in [2.45, 2.75) is 13.5 Å². The third kappa shape index (κ3) is 2.05. The number of benzene rings is 1. The average Bonchev–Trinajstić information content (AvgIpc) is 2.68. The maximum atomic E-state index is 8.53. The second-order valence-corrected chi connectivity index (χ2v) is 3.45. The van der Waals surface area contributed by atoms with Gasteiger partial charge in [0.15, 0.2) is 0 Å². The molecule has 0 saturated carbocycles. The Morgan fingerprint density at radius 3 is 2.67 bits per heavy atom. The Morgan fingerprint density at radius 2 is 2.00 bits per heavy atom. The second kappa shape index (κ2) is 3.97. The lowest BCUT2D eigenvalue weighted by atomic mass is 10.1. The molecule has 0 saturated heterocycles. The minimum Gasteiger partial charge on any atom is -0.258 e. The summed E-state index contributed by atoms with van der Waals surface area (Å²) in [5.41, 5.74) is 3.42. The third-order valence-electron chi connectivity index (χ3n) is 2.25. The van der Waals surface area contributed by atoms with Crippen molar-refractivity contribution < 1.29 is 0 Å². The van der Waals surface area contributed by atoms with E-state index in [0.29, 0.717) is 6.54 Å². The average molecular weight is 197 g/mol. The molecule has 0 spiro atoms. The molecule has 2 aromatic rings. The summed E-state index contributed by atoms with van der Waals surface area (Å²) in [5, 5.41) is 12.6. The van der Waals surface area contributed by atoms with Gasteiger partial charge in [0.2, 0.25) is 0 Å². The first-order chi connectivity index (χ1) is 7.29. The topological polar surface area (TPSA) is 41.6 Å². The van der Waals surface area contributed by atoms with Crippen LogP contribution in [0.25, 0.3) is 11.1 Å². The zero-order valence-electron chi connectivity index (χ0n) is 8.51. The minimum atomic E-state index is 0.297. The Morgan fingerprint density at radius 1 is 1.27 bits per heavy atom. The van der Waals surface area contributed by atoms with Gasteiger partial charge in [-0.3, -0.25) is 4.68 Å². The van der Waals surface area contributed by atoms with E-state index in [0.717, 1.165) is 11.1 Å². The van der Waals surface area contributed by atoms with Crippen LogP contribution in [0.4, 0.5) is 0 Å². The molecule has 0 aliphatic rings. The predicted octanol–water partition coefficient (Wildman–Crippen LogP) is 2.38. The zero-order chi connectivity index (χ0) is 10.7. The van der Waals surface area contributed by atoms with E-state index in [1.807, 2.05) is 6.20 Å². The summed E-state index contributed by atoms with van der Waals surface area (Å²) in [6, 6.07) is 10.3. The number of hydrogen-bond acceptors (Lipinski definition) is 2. The fourth-order valence-electron chi connectivity index (χ4n) is 1.42. The van der Waals surface area contributed by atoms with Crippen LogP contribution in [-0.2, 0) is 6.54 Å². The normalized spacial score (nSPS) is 9.87. The molecule has 2 rings (SSSR count). The number of nitriles is 1. The zero-order valence-corrected chi connectivity index (χ0v) is 8.51. The molecule has 0 N–H and O–H groups in total. The van der Waals surface area contributed by atoms with Crippen LogP contribution in [0, 0.1) is 18.3 Å². The maximum absolute atomic E-state index is 8.53. The van der Waals surface area contributed by atoms with Gasteiger partial charge in [0.25, 0.3) is 0 Å². The van der Waals surface area contributed by atoms with Crippen LogP contribution in [0.15, 0.2) is 36.7 Å². The lowest BCUT2D eigenvalue weighted by Gasteiger charge is -1.97. The number of hydrogen-bond donors (Lipinski definition) is 0. The molecule has 0 bridgehead atoms. The Kier molecular flexibility index (Phi) is 2.51. The van der Waals surface area contributed by atoms with Gasteiger partial charge in [0.1, 0.15) is 6.54 Å². The molecule has 0 unspecified atom stereocenters. The van der Waals surface area contributed by atoms with Gasteiger partial charge in [-0.2, -0.15) is 10.4 Å². The van der Waals surface area contributed by atoms with Crippen molar-refractivity contribution in [2.24, 2.45) is 0 Å². The van der Waals surface area contributed by atoms with Gasteiger partial charge in [-0.1, -0.05) is 29.8 Å². The van der Waals surface area contributed by atoms with Gasteiger partial charge in [0, 0.05) is 11.8 Å². The summed E-state index contributed by atoms with van der Waals surface area (Å²) in [6.45, 7) is 2.36. The smallest absolute Gasteiger partial charge is 0.128 e. The highest BCUT2D eigenvalue weighted by Crippen LogP contribution is 2.18. The van der Waals surface area contributed by atoms with Crippen LogP contribution < -0.4 is 0 Å². The molecule has 0 amide bonds. The SMILES string of the molecule is Cc1ccc(-c2cnn(CC#N)c2)cc1. The lowest BCUT2D eigenvalue weighted by Crippen LogP contribution is -1.93. The molecular formula is C12H11N3. The quantitative estimate of drug-likeness (QED) is 0.741. The molecule has 1 aromatic heterocycles. The summed E-state index contributed by atoms with van der Waals surface area (Å²) in [6.07, 6.45) is 3.66. The van der Waals surface area contributed by atoms with Crippen molar-refractivity contribution in [3.8, 4) is 17.2 Å². The van der Waals surface area contributed by atoms with Crippen molar-refractivity contribution in [3.05, 3.63) is 42.2 Å². The first-order valence-corrected chi connectivity index (χ1v) is 4.76. The summed E-state index contributed by atoms with van der Waals surface area (Å²) in [7, 11) is 0. The standard InChI is InChI=1S/C12H11N3/c1-10-2-4-11(5-3-10)12-8-14-15(9-12)7-6-13/h2-5,8-9H,7H2,1H3. The van der Waals surface area contributed by atoms with Crippen molar-refractivity contribution >= 4 is 0 Å². The summed E-state index contributed by atoms with van der Waals surface area (Å²) >= 11 is 0. The molecule has 3 heteroatoms. The summed E-state index contributed by atoms with van der Waals surface area (Å²) in [5.74, 6) is 0. The Hall–Kier alpha value is -2.08. The molecule has 0 aliphatic heterocycles. The van der Waals surface area contributed by atoms with E-state index in [1.165, 1.54) is 5.56 Å². The molecule has 0 aliphatic carbocycles. The Bertz CT molecular complexity index is 488. The van der Waals surface area contributed by atoms with Crippen LogP contribution in [0.5, 0.6) is 0 Å². The van der Waals surface area contributed by atoms with Gasteiger partial charge in [0.05, 0.1) is 12.3 Å². The summed E-state index contributed by atoms with van der Waals surface area (Å²) in [4.78, 5) is 0. The number of rotatable bonds is 2. The molecule has 0 radical (unpaired) electrons. The van der Waals surface area contributed by atoms with Crippen molar-refractivity contribution in [1.29, 1.82) is 5.26 Å². The number of nitrogens with zero attached hydrogens (tertiary/aromatic N) is 3. The molecule has 1 heterocycles. The van der Waals surface area contributed by atoms with E-state index in [1.54, 1.807) is 10.9 Å². The van der Waals surface area contributed by atoms with Crippen LogP contribution >= 0.6 is 0 Å². The molecule has 15 heavy (non-hydrogen) atoms. The van der Waals surface area contributed by atoms with Crippen molar-refractivity contribution in [1.82, 2.24) is 9.78 Å². The Labute approximate surface area is 88.6 Å². The highest BCUT2D eigenvalue weighted by molar-refractivity contribution is 5.61. The van der Waals surface area contributed by atoms with Gasteiger partial charge in [-0.05, 0) is 12.5 Å². The van der Waals surface area contributed by atoms with Gasteiger partial charge >= 0.3 is 0 Å². The highest BCUT2D eigenvalue weighted by Gasteiger charge is 2.00. The molecule has 74 valence electrons. The third-order valence-corrected chi connectivity index (χ3v) is 2.25. The van der Waals surface area contributed by atoms with E-state index < -0.39 is 0 Å². The fourth-order valence-corrected chi connectivity index (χ4v) is 1.42. The van der Waals surface area contributed by atoms with Crippen LogP contribution in [0.1, 0.15) is 5.56 Å². The van der Waals surface area contributed by atoms with E-state index in [2.05, 4.69) is 42.4 Å². The lowest BCUT2D eigenvalue weighted by molar-refractivity contribution is 0.710. The molecule has 1 aromatic carbocycles. The van der Waals surface area contributed by atoms with Gasteiger partial charge < -0.3 is 0 Å². The monoisotopic (exact) mass is 197 g/mol. The van der Waals surface area contributed by atoms with E-state index in [4.69, 9.17) is 5.26 Å². The van der Waals surface area contributed by atoms with Crippen LogP contribution in [0.2, 0.25) is 0 Å². The second-order valence-electron chi connectivity index (χ2n) is 3.45. The van der Waals surface area contributed by atoms with E-state index in [9.17, 15) is 0 Å². The van der Waals surface area contributed by atoms with Crippen molar-refractivity contribution in [3.63, 3.8) is 0 Å². The van der Waals surface area contributed by atoms with Gasteiger partial charge in [-0.15, -0.1) is 0 Å². The fraction of sp³-hybridized carbons (Fsp3) is 0.167. The molecule has 3 nitrogen and oxygen atoms in total. The largest absolute Gasteiger partial charge is 0.258 e. The predicted molar refractivity (Wildman–Crippen MR) is 58.0 cm³/mol. The van der Waals surface area contributed by atoms with E-state index >= 15 is 0 Å². The summed E-state index contributed by atoms with van der Waals surface area (Å²) < 4.78 is 1.63. The minimum absolute atomic E-state index is 0.297. The maximum Gasteiger partial charge on any atom is 0.128 e. The Balaban J connectivity index is 2.30. The molecule has 0 fully saturated rings. The first kappa shape index (κ1) is 9.47. The highest BCUT2D eigenvalue weighted by atomic mass is 15.3. The molecule has 0 atom stereocenters. The van der Waals surface area contributed by atoms with Crippen LogP contribution in [-0.4, -0.2) is 9.78 Å². The van der Waals surface area contributed by atoms with Crippen molar-refractivity contribution in [2.75, 3.05) is 0 Å². The first-order valence-electron chi connectivity index (χ1n) is 4.76. The van der Waals surface area contributed by atoms with E-state index in [-0.39, 0.29) is 0 Å². The molecular weight excluding hydrogens is 186 g/mol. The van der Waals surface area contributed by atoms with Gasteiger partial charge in [-0.25, -0.2) is 0 Å². The van der Waals surface area contributed by atoms with Crippen LogP contribution in [0.3, 0.4) is 0 Å².